The van der Waals surface area contributed by atoms with Crippen LogP contribution < -0.4 is 9.47 Å². The summed E-state index contributed by atoms with van der Waals surface area (Å²) in [6.45, 7) is 0. The maximum atomic E-state index is 13.4. The van der Waals surface area contributed by atoms with Gasteiger partial charge in [0, 0.05) is 4.90 Å². The highest BCUT2D eigenvalue weighted by molar-refractivity contribution is 8.01. The molecule has 0 fully saturated rings. The van der Waals surface area contributed by atoms with Crippen LogP contribution in [0, 0.1) is 0 Å². The Bertz CT molecular complexity index is 453. The molecule has 0 aliphatic carbocycles. The third-order valence-corrected chi connectivity index (χ3v) is 3.02. The van der Waals surface area contributed by atoms with Crippen molar-refractivity contribution in [2.24, 2.45) is 0 Å². The molecule has 1 N–H and O–H groups in total. The number of phenolic OH excluding ortho intramolecular Hbond substituents is 1. The molecule has 0 saturated heterocycles. The molecule has 19 heavy (non-hydrogen) atoms. The highest BCUT2D eigenvalue weighted by Gasteiger charge is 2.42. The van der Waals surface area contributed by atoms with Crippen LogP contribution in [-0.2, 0) is 9.53 Å². The van der Waals surface area contributed by atoms with Gasteiger partial charge in [-0.3, -0.25) is 0 Å². The second kappa shape index (κ2) is 5.96. The van der Waals surface area contributed by atoms with Gasteiger partial charge in [-0.05, 0) is 23.9 Å². The number of ether oxygens (including phenoxy) is 3. The van der Waals surface area contributed by atoms with E-state index in [1.165, 1.54) is 26.4 Å². The first-order chi connectivity index (χ1) is 8.85. The lowest BCUT2D eigenvalue weighted by Crippen LogP contribution is -2.25. The summed E-state index contributed by atoms with van der Waals surface area (Å²) in [5.41, 5.74) is 0. The first-order valence-corrected chi connectivity index (χ1v) is 5.77. The summed E-state index contributed by atoms with van der Waals surface area (Å²) in [7, 11) is 3.40. The third-order valence-electron chi connectivity index (χ3n) is 2.12. The molecule has 0 aliphatic rings. The highest BCUT2D eigenvalue weighted by atomic mass is 32.2. The van der Waals surface area contributed by atoms with Crippen molar-refractivity contribution >= 4 is 17.7 Å². The van der Waals surface area contributed by atoms with Crippen LogP contribution in [0.1, 0.15) is 0 Å². The first kappa shape index (κ1) is 15.4. The molecule has 1 aromatic carbocycles. The molecule has 5 nitrogen and oxygen atoms in total. The predicted molar refractivity (Wildman–Crippen MR) is 64.0 cm³/mol. The number of halogens is 2. The number of rotatable bonds is 5. The second-order valence-corrected chi connectivity index (χ2v) is 4.48. The van der Waals surface area contributed by atoms with Gasteiger partial charge in [-0.2, -0.15) is 8.78 Å². The van der Waals surface area contributed by atoms with E-state index >= 15 is 0 Å². The van der Waals surface area contributed by atoms with Crippen LogP contribution in [-0.4, -0.2) is 37.7 Å². The Kier molecular flexibility index (Phi) is 4.82. The topological polar surface area (TPSA) is 65.0 Å². The Balaban J connectivity index is 3.11. The fourth-order valence-corrected chi connectivity index (χ4v) is 2.03. The maximum absolute atomic E-state index is 13.4. The van der Waals surface area contributed by atoms with Gasteiger partial charge in [0.05, 0.1) is 21.3 Å². The molecular formula is C11H12F2O5S. The Morgan fingerprint density at radius 3 is 2.05 bits per heavy atom. The fourth-order valence-electron chi connectivity index (χ4n) is 1.24. The van der Waals surface area contributed by atoms with E-state index in [0.29, 0.717) is 0 Å². The van der Waals surface area contributed by atoms with Crippen LogP contribution in [0.5, 0.6) is 17.2 Å². The molecular weight excluding hydrogens is 282 g/mol. The van der Waals surface area contributed by atoms with Crippen LogP contribution >= 0.6 is 11.8 Å². The lowest BCUT2D eigenvalue weighted by atomic mass is 10.3. The number of hydrogen-bond donors (Lipinski definition) is 1. The van der Waals surface area contributed by atoms with Crippen LogP contribution in [0.3, 0.4) is 0 Å². The number of carbonyl (C=O) groups excluding carboxylic acids is 1. The van der Waals surface area contributed by atoms with Gasteiger partial charge in [0.2, 0.25) is 5.75 Å². The zero-order valence-corrected chi connectivity index (χ0v) is 11.2. The van der Waals surface area contributed by atoms with Crippen molar-refractivity contribution in [2.45, 2.75) is 10.2 Å². The van der Waals surface area contributed by atoms with E-state index in [1.807, 2.05) is 0 Å². The van der Waals surface area contributed by atoms with Crippen molar-refractivity contribution in [3.05, 3.63) is 12.1 Å². The quantitative estimate of drug-likeness (QED) is 0.664. The number of alkyl halides is 2. The van der Waals surface area contributed by atoms with E-state index in [1.54, 1.807) is 0 Å². The molecule has 0 amide bonds. The lowest BCUT2D eigenvalue weighted by Gasteiger charge is -2.15. The van der Waals surface area contributed by atoms with Gasteiger partial charge >= 0.3 is 11.2 Å². The summed E-state index contributed by atoms with van der Waals surface area (Å²) >= 11 is -0.0326. The van der Waals surface area contributed by atoms with E-state index in [9.17, 15) is 18.7 Å². The van der Waals surface area contributed by atoms with Gasteiger partial charge in [0.15, 0.2) is 11.5 Å². The largest absolute Gasteiger partial charge is 0.502 e. The molecule has 106 valence electrons. The zero-order valence-electron chi connectivity index (χ0n) is 10.4. The van der Waals surface area contributed by atoms with E-state index < -0.39 is 11.2 Å². The number of carbonyl (C=O) groups is 1. The van der Waals surface area contributed by atoms with Gasteiger partial charge in [0.1, 0.15) is 0 Å². The van der Waals surface area contributed by atoms with Crippen molar-refractivity contribution in [1.82, 2.24) is 0 Å². The molecule has 0 unspecified atom stereocenters. The molecule has 0 radical (unpaired) electrons. The Morgan fingerprint density at radius 1 is 1.21 bits per heavy atom. The monoisotopic (exact) mass is 294 g/mol. The van der Waals surface area contributed by atoms with Gasteiger partial charge in [-0.1, -0.05) is 0 Å². The fraction of sp³-hybridized carbons (Fsp3) is 0.364. The van der Waals surface area contributed by atoms with Crippen LogP contribution in [0.2, 0.25) is 0 Å². The minimum atomic E-state index is -3.75. The SMILES string of the molecule is COC(=O)C(F)(F)Sc1cc(OC)c(O)c(OC)c1. The molecule has 0 aromatic heterocycles. The van der Waals surface area contributed by atoms with Crippen LogP contribution in [0.4, 0.5) is 8.78 Å². The average Bonchev–Trinajstić information content (AvgIpc) is 2.38. The number of hydrogen-bond acceptors (Lipinski definition) is 6. The number of esters is 1. The predicted octanol–water partition coefficient (Wildman–Crippen LogP) is 2.27. The van der Waals surface area contributed by atoms with Gasteiger partial charge in [-0.15, -0.1) is 0 Å². The highest BCUT2D eigenvalue weighted by Crippen LogP contribution is 2.44. The molecule has 0 atom stereocenters. The summed E-state index contributed by atoms with van der Waals surface area (Å²) in [5.74, 6) is -2.05. The summed E-state index contributed by atoms with van der Waals surface area (Å²) in [5, 5.41) is 5.88. The Hall–Kier alpha value is -1.70. The molecule has 0 bridgehead atoms. The second-order valence-electron chi connectivity index (χ2n) is 3.29. The first-order valence-electron chi connectivity index (χ1n) is 4.96. The Labute approximate surface area is 112 Å². The molecule has 0 aliphatic heterocycles. The lowest BCUT2D eigenvalue weighted by molar-refractivity contribution is -0.156. The average molecular weight is 294 g/mol. The number of methoxy groups -OCH3 is 3. The number of benzene rings is 1. The zero-order chi connectivity index (χ0) is 14.6. The van der Waals surface area contributed by atoms with E-state index in [0.717, 1.165) is 7.11 Å². The molecule has 8 heteroatoms. The smallest absolute Gasteiger partial charge is 0.393 e. The number of thioether (sulfide) groups is 1. The Morgan fingerprint density at radius 2 is 1.68 bits per heavy atom. The molecule has 1 rings (SSSR count). The van der Waals surface area contributed by atoms with Crippen molar-refractivity contribution < 1.29 is 32.9 Å². The van der Waals surface area contributed by atoms with E-state index in [2.05, 4.69) is 4.74 Å². The minimum Gasteiger partial charge on any atom is -0.502 e. The summed E-state index contributed by atoms with van der Waals surface area (Å²) in [4.78, 5) is 10.9. The third kappa shape index (κ3) is 3.40. The molecule has 0 spiro atoms. The minimum absolute atomic E-state index is 0.0121. The molecule has 0 saturated carbocycles. The summed E-state index contributed by atoms with van der Waals surface area (Å²) < 4.78 is 40.5. The van der Waals surface area contributed by atoms with Crippen molar-refractivity contribution in [3.8, 4) is 17.2 Å². The standard InChI is InChI=1S/C11H12F2O5S/c1-16-7-4-6(5-8(17-2)9(7)14)19-11(12,13)10(15)18-3/h4-5,14H,1-3H3. The number of aromatic hydroxyl groups is 1. The van der Waals surface area contributed by atoms with Crippen LogP contribution in [0.25, 0.3) is 0 Å². The van der Waals surface area contributed by atoms with Crippen molar-refractivity contribution in [3.63, 3.8) is 0 Å². The molecule has 1 aromatic rings. The van der Waals surface area contributed by atoms with Gasteiger partial charge in [-0.25, -0.2) is 4.79 Å². The van der Waals surface area contributed by atoms with Gasteiger partial charge < -0.3 is 19.3 Å². The molecule has 0 heterocycles. The van der Waals surface area contributed by atoms with Gasteiger partial charge in [0.25, 0.3) is 0 Å². The number of phenols is 1. The normalized spacial score (nSPS) is 11.0. The van der Waals surface area contributed by atoms with E-state index in [4.69, 9.17) is 9.47 Å². The summed E-state index contributed by atoms with van der Waals surface area (Å²) in [6, 6.07) is 2.33. The summed E-state index contributed by atoms with van der Waals surface area (Å²) in [6.07, 6.45) is 0. The van der Waals surface area contributed by atoms with Crippen molar-refractivity contribution in [1.29, 1.82) is 0 Å². The van der Waals surface area contributed by atoms with Crippen LogP contribution in [0.15, 0.2) is 17.0 Å². The van der Waals surface area contributed by atoms with E-state index in [-0.39, 0.29) is 33.9 Å². The van der Waals surface area contributed by atoms with Crippen molar-refractivity contribution in [2.75, 3.05) is 21.3 Å². The maximum Gasteiger partial charge on any atom is 0.393 e.